The fourth-order valence-electron chi connectivity index (χ4n) is 3.21. The summed E-state index contributed by atoms with van der Waals surface area (Å²) in [6.45, 7) is 0.825. The van der Waals surface area contributed by atoms with Crippen LogP contribution in [0.4, 0.5) is 0 Å². The van der Waals surface area contributed by atoms with E-state index in [0.717, 1.165) is 30.3 Å². The van der Waals surface area contributed by atoms with Crippen LogP contribution in [0.25, 0.3) is 21.9 Å². The molecule has 0 bridgehead atoms. The van der Waals surface area contributed by atoms with Crippen LogP contribution in [-0.2, 0) is 13.0 Å². The van der Waals surface area contributed by atoms with E-state index in [4.69, 9.17) is 5.73 Å². The maximum absolute atomic E-state index is 6.29. The van der Waals surface area contributed by atoms with Gasteiger partial charge in [-0.3, -0.25) is 9.67 Å². The van der Waals surface area contributed by atoms with E-state index in [1.54, 1.807) is 0 Å². The smallest absolute Gasteiger partial charge is 0.0568 e. The molecule has 0 aliphatic rings. The van der Waals surface area contributed by atoms with Gasteiger partial charge in [-0.05, 0) is 41.5 Å². The molecule has 2 aromatic heterocycles. The zero-order valence-corrected chi connectivity index (χ0v) is 14.6. The number of nitrogens with zero attached hydrogens (tertiary/aromatic N) is 3. The second-order valence-corrected chi connectivity index (χ2v) is 6.67. The number of nitrogens with two attached hydrogens (primary N) is 1. The number of rotatable bonds is 6. The van der Waals surface area contributed by atoms with Crippen molar-refractivity contribution in [3.8, 4) is 11.1 Å². The van der Waals surface area contributed by atoms with Gasteiger partial charge in [0.25, 0.3) is 0 Å². The van der Waals surface area contributed by atoms with Gasteiger partial charge >= 0.3 is 0 Å². The number of aryl methyl sites for hydroxylation is 1. The van der Waals surface area contributed by atoms with Crippen molar-refractivity contribution < 1.29 is 0 Å². The van der Waals surface area contributed by atoms with Crippen LogP contribution >= 0.6 is 0 Å². The van der Waals surface area contributed by atoms with Crippen molar-refractivity contribution in [2.45, 2.75) is 25.4 Å². The van der Waals surface area contributed by atoms with Gasteiger partial charge in [0, 0.05) is 42.1 Å². The maximum atomic E-state index is 6.29. The third-order valence-electron chi connectivity index (χ3n) is 4.68. The average Bonchev–Trinajstić information content (AvgIpc) is 3.16. The van der Waals surface area contributed by atoms with Crippen LogP contribution in [0.2, 0.25) is 0 Å². The van der Waals surface area contributed by atoms with E-state index < -0.39 is 0 Å². The Kier molecular flexibility index (Phi) is 4.75. The summed E-state index contributed by atoms with van der Waals surface area (Å²) in [6, 6.07) is 19.0. The van der Waals surface area contributed by atoms with E-state index in [1.807, 2.05) is 35.4 Å². The minimum Gasteiger partial charge on any atom is -0.327 e. The number of aromatic nitrogens is 3. The second-order valence-electron chi connectivity index (χ2n) is 6.67. The summed E-state index contributed by atoms with van der Waals surface area (Å²) in [6.07, 6.45) is 9.52. The molecule has 0 aliphatic carbocycles. The van der Waals surface area contributed by atoms with Crippen LogP contribution in [0, 0.1) is 0 Å². The zero-order chi connectivity index (χ0) is 17.8. The zero-order valence-electron chi connectivity index (χ0n) is 14.6. The molecular formula is C22H22N4. The van der Waals surface area contributed by atoms with Gasteiger partial charge in [-0.25, -0.2) is 0 Å². The van der Waals surface area contributed by atoms with Crippen LogP contribution in [0.1, 0.15) is 12.0 Å². The molecule has 0 saturated carbocycles. The lowest BCUT2D eigenvalue weighted by Gasteiger charge is -2.11. The summed E-state index contributed by atoms with van der Waals surface area (Å²) in [5, 5.41) is 6.84. The molecule has 4 rings (SSSR count). The Balaban J connectivity index is 1.41. The van der Waals surface area contributed by atoms with E-state index in [-0.39, 0.29) is 6.04 Å². The first kappa shape index (κ1) is 16.5. The van der Waals surface area contributed by atoms with Gasteiger partial charge in [-0.15, -0.1) is 0 Å². The van der Waals surface area contributed by atoms with Gasteiger partial charge in [0.1, 0.15) is 0 Å². The number of hydrogen-bond donors (Lipinski definition) is 1. The lowest BCUT2D eigenvalue weighted by Crippen LogP contribution is -2.24. The normalized spacial score (nSPS) is 12.3. The molecule has 2 aromatic carbocycles. The number of pyridine rings is 1. The quantitative estimate of drug-likeness (QED) is 0.575. The number of hydrogen-bond acceptors (Lipinski definition) is 3. The van der Waals surface area contributed by atoms with Crippen molar-refractivity contribution in [2.75, 3.05) is 0 Å². The van der Waals surface area contributed by atoms with Crippen LogP contribution < -0.4 is 5.73 Å². The predicted molar refractivity (Wildman–Crippen MR) is 106 cm³/mol. The molecule has 130 valence electrons. The topological polar surface area (TPSA) is 56.7 Å². The molecule has 0 aliphatic heterocycles. The van der Waals surface area contributed by atoms with Crippen molar-refractivity contribution in [1.29, 1.82) is 0 Å². The summed E-state index contributed by atoms with van der Waals surface area (Å²) >= 11 is 0. The van der Waals surface area contributed by atoms with Crippen LogP contribution in [0.3, 0.4) is 0 Å². The first-order valence-corrected chi connectivity index (χ1v) is 8.94. The van der Waals surface area contributed by atoms with Gasteiger partial charge in [0.05, 0.1) is 6.20 Å². The Morgan fingerprint density at radius 3 is 2.69 bits per heavy atom. The van der Waals surface area contributed by atoms with Gasteiger partial charge in [0.2, 0.25) is 0 Å². The van der Waals surface area contributed by atoms with E-state index in [2.05, 4.69) is 58.7 Å². The first-order valence-electron chi connectivity index (χ1n) is 8.94. The van der Waals surface area contributed by atoms with Crippen molar-refractivity contribution in [1.82, 2.24) is 14.8 Å². The molecule has 0 radical (unpaired) electrons. The van der Waals surface area contributed by atoms with Gasteiger partial charge < -0.3 is 5.73 Å². The van der Waals surface area contributed by atoms with Crippen molar-refractivity contribution in [2.24, 2.45) is 5.73 Å². The molecular weight excluding hydrogens is 320 g/mol. The van der Waals surface area contributed by atoms with Crippen LogP contribution in [0.5, 0.6) is 0 Å². The van der Waals surface area contributed by atoms with Crippen molar-refractivity contribution in [3.63, 3.8) is 0 Å². The highest BCUT2D eigenvalue weighted by atomic mass is 15.3. The van der Waals surface area contributed by atoms with E-state index in [1.165, 1.54) is 16.5 Å². The van der Waals surface area contributed by atoms with Crippen LogP contribution in [0.15, 0.2) is 79.4 Å². The number of fused-ring (bicyclic) bond motifs is 1. The molecule has 0 fully saturated rings. The summed E-state index contributed by atoms with van der Waals surface area (Å²) in [5.74, 6) is 0. The molecule has 0 spiro atoms. The summed E-state index contributed by atoms with van der Waals surface area (Å²) in [5.41, 5.74) is 9.87. The molecule has 0 saturated heterocycles. The predicted octanol–water partition coefficient (Wildman–Crippen LogP) is 4.06. The fraction of sp³-hybridized carbons (Fsp3) is 0.182. The third kappa shape index (κ3) is 3.81. The van der Waals surface area contributed by atoms with E-state index in [0.29, 0.717) is 0 Å². The van der Waals surface area contributed by atoms with Crippen LogP contribution in [-0.4, -0.2) is 20.8 Å². The highest BCUT2D eigenvalue weighted by Gasteiger charge is 2.07. The Hall–Kier alpha value is -2.98. The van der Waals surface area contributed by atoms with E-state index >= 15 is 0 Å². The van der Waals surface area contributed by atoms with E-state index in [9.17, 15) is 0 Å². The highest BCUT2D eigenvalue weighted by molar-refractivity contribution is 5.86. The maximum Gasteiger partial charge on any atom is 0.0568 e. The monoisotopic (exact) mass is 342 g/mol. The number of benzene rings is 2. The van der Waals surface area contributed by atoms with Gasteiger partial charge in [0.15, 0.2) is 0 Å². The fourth-order valence-corrected chi connectivity index (χ4v) is 3.21. The molecule has 0 amide bonds. The minimum absolute atomic E-state index is 0.137. The summed E-state index contributed by atoms with van der Waals surface area (Å²) < 4.78 is 1.98. The summed E-state index contributed by atoms with van der Waals surface area (Å²) in [7, 11) is 0. The Labute approximate surface area is 153 Å². The molecule has 4 nitrogen and oxygen atoms in total. The van der Waals surface area contributed by atoms with Gasteiger partial charge in [-0.1, -0.05) is 42.5 Å². The largest absolute Gasteiger partial charge is 0.327 e. The highest BCUT2D eigenvalue weighted by Crippen LogP contribution is 2.23. The lowest BCUT2D eigenvalue weighted by atomic mass is 10.0. The summed E-state index contributed by atoms with van der Waals surface area (Å²) in [4.78, 5) is 4.16. The minimum atomic E-state index is 0.137. The van der Waals surface area contributed by atoms with Crippen molar-refractivity contribution >= 4 is 10.8 Å². The average molecular weight is 342 g/mol. The molecule has 2 heterocycles. The molecule has 1 unspecified atom stereocenters. The third-order valence-corrected chi connectivity index (χ3v) is 4.68. The first-order chi connectivity index (χ1) is 12.8. The Morgan fingerprint density at radius 2 is 1.81 bits per heavy atom. The van der Waals surface area contributed by atoms with Crippen molar-refractivity contribution in [3.05, 3.63) is 84.9 Å². The lowest BCUT2D eigenvalue weighted by molar-refractivity contribution is 0.507. The SMILES string of the molecule is NC(CCn1cc(-c2ccc3cnccc3c2)cn1)Cc1ccccc1. The molecule has 4 aromatic rings. The molecule has 4 heteroatoms. The standard InChI is InChI=1S/C22H22N4/c23-22(12-17-4-2-1-3-5-17)9-11-26-16-21(15-25-26)18-6-7-20-14-24-10-8-19(20)13-18/h1-8,10,13-16,22H,9,11-12,23H2. The Morgan fingerprint density at radius 1 is 0.923 bits per heavy atom. The van der Waals surface area contributed by atoms with Gasteiger partial charge in [-0.2, -0.15) is 5.10 Å². The molecule has 2 N–H and O–H groups in total. The second kappa shape index (κ2) is 7.50. The molecule has 26 heavy (non-hydrogen) atoms. The Bertz CT molecular complexity index is 991. The molecule has 1 atom stereocenters.